The molecule has 0 saturated carbocycles. The van der Waals surface area contributed by atoms with Gasteiger partial charge in [-0.25, -0.2) is 4.98 Å². The second kappa shape index (κ2) is 4.72. The molecule has 1 aromatic carbocycles. The fourth-order valence-corrected chi connectivity index (χ4v) is 1.73. The van der Waals surface area contributed by atoms with Gasteiger partial charge in [0, 0.05) is 9.50 Å². The normalized spacial score (nSPS) is 10.1. The minimum absolute atomic E-state index is 0.635. The van der Waals surface area contributed by atoms with Crippen LogP contribution in [0.5, 0.6) is 0 Å². The SMILES string of the molecule is Nc1ccc(Nc2cc(Cl)ccc2Br)nc1. The summed E-state index contributed by atoms with van der Waals surface area (Å²) in [6.45, 7) is 0. The van der Waals surface area contributed by atoms with E-state index in [-0.39, 0.29) is 0 Å². The Balaban J connectivity index is 2.26. The topological polar surface area (TPSA) is 50.9 Å². The number of nitrogens with zero attached hydrogens (tertiary/aromatic N) is 1. The van der Waals surface area contributed by atoms with E-state index in [4.69, 9.17) is 17.3 Å². The smallest absolute Gasteiger partial charge is 0.130 e. The number of nitrogens with two attached hydrogens (primary N) is 1. The highest BCUT2D eigenvalue weighted by atomic mass is 79.9. The third-order valence-electron chi connectivity index (χ3n) is 1.98. The molecule has 0 fully saturated rings. The molecular weight excluding hydrogens is 289 g/mol. The zero-order chi connectivity index (χ0) is 11.5. The lowest BCUT2D eigenvalue weighted by Gasteiger charge is -2.08. The molecule has 1 aromatic heterocycles. The van der Waals surface area contributed by atoms with Crippen molar-refractivity contribution < 1.29 is 0 Å². The van der Waals surface area contributed by atoms with Crippen LogP contribution in [0.3, 0.4) is 0 Å². The van der Waals surface area contributed by atoms with E-state index in [0.29, 0.717) is 10.7 Å². The van der Waals surface area contributed by atoms with Crippen LogP contribution in [-0.4, -0.2) is 4.98 Å². The van der Waals surface area contributed by atoms with Crippen LogP contribution in [0.4, 0.5) is 17.2 Å². The van der Waals surface area contributed by atoms with Crippen LogP contribution in [0.1, 0.15) is 0 Å². The van der Waals surface area contributed by atoms with Gasteiger partial charge in [0.2, 0.25) is 0 Å². The van der Waals surface area contributed by atoms with E-state index < -0.39 is 0 Å². The van der Waals surface area contributed by atoms with E-state index in [2.05, 4.69) is 26.2 Å². The highest BCUT2D eigenvalue weighted by molar-refractivity contribution is 9.10. The average molecular weight is 299 g/mol. The molecule has 0 unspecified atom stereocenters. The Morgan fingerprint density at radius 2 is 2.06 bits per heavy atom. The quantitative estimate of drug-likeness (QED) is 0.886. The summed E-state index contributed by atoms with van der Waals surface area (Å²) in [5, 5.41) is 3.81. The summed E-state index contributed by atoms with van der Waals surface area (Å²) in [7, 11) is 0. The van der Waals surface area contributed by atoms with Crippen LogP contribution in [0.15, 0.2) is 41.0 Å². The number of rotatable bonds is 2. The first kappa shape index (κ1) is 11.2. The number of hydrogen-bond acceptors (Lipinski definition) is 3. The van der Waals surface area contributed by atoms with Crippen molar-refractivity contribution in [1.82, 2.24) is 4.98 Å². The van der Waals surface area contributed by atoms with Crippen molar-refractivity contribution in [2.24, 2.45) is 0 Å². The molecule has 2 aromatic rings. The van der Waals surface area contributed by atoms with E-state index in [1.54, 1.807) is 12.3 Å². The Labute approximate surface area is 107 Å². The fraction of sp³-hybridized carbons (Fsp3) is 0. The highest BCUT2D eigenvalue weighted by Crippen LogP contribution is 2.28. The third kappa shape index (κ3) is 2.65. The Morgan fingerprint density at radius 1 is 1.25 bits per heavy atom. The van der Waals surface area contributed by atoms with Gasteiger partial charge in [-0.15, -0.1) is 0 Å². The molecule has 2 rings (SSSR count). The molecule has 1 heterocycles. The molecule has 0 radical (unpaired) electrons. The van der Waals surface area contributed by atoms with Gasteiger partial charge in [0.15, 0.2) is 0 Å². The van der Waals surface area contributed by atoms with Crippen molar-refractivity contribution in [3.63, 3.8) is 0 Å². The number of anilines is 3. The Bertz CT molecular complexity index is 499. The number of aromatic nitrogens is 1. The first-order valence-electron chi connectivity index (χ1n) is 4.59. The molecule has 82 valence electrons. The van der Waals surface area contributed by atoms with Gasteiger partial charge in [-0.05, 0) is 46.3 Å². The summed E-state index contributed by atoms with van der Waals surface area (Å²) in [5.74, 6) is 0.720. The van der Waals surface area contributed by atoms with Crippen LogP contribution >= 0.6 is 27.5 Å². The van der Waals surface area contributed by atoms with E-state index >= 15 is 0 Å². The Hall–Kier alpha value is -1.26. The Morgan fingerprint density at radius 3 is 2.75 bits per heavy atom. The lowest BCUT2D eigenvalue weighted by atomic mass is 10.3. The maximum absolute atomic E-state index is 5.91. The largest absolute Gasteiger partial charge is 0.397 e. The van der Waals surface area contributed by atoms with Gasteiger partial charge in [0.25, 0.3) is 0 Å². The van der Waals surface area contributed by atoms with Crippen molar-refractivity contribution in [1.29, 1.82) is 0 Å². The molecule has 0 spiro atoms. The number of pyridine rings is 1. The lowest BCUT2D eigenvalue weighted by molar-refractivity contribution is 1.31. The Kier molecular flexibility index (Phi) is 3.31. The predicted molar refractivity (Wildman–Crippen MR) is 71.1 cm³/mol. The molecule has 0 aliphatic heterocycles. The molecule has 0 aliphatic carbocycles. The first-order valence-corrected chi connectivity index (χ1v) is 5.76. The maximum Gasteiger partial charge on any atom is 0.130 e. The highest BCUT2D eigenvalue weighted by Gasteiger charge is 2.01. The number of benzene rings is 1. The van der Waals surface area contributed by atoms with Crippen molar-refractivity contribution in [2.45, 2.75) is 0 Å². The second-order valence-corrected chi connectivity index (χ2v) is 4.52. The van der Waals surface area contributed by atoms with Crippen molar-refractivity contribution >= 4 is 44.7 Å². The number of nitrogens with one attached hydrogen (secondary N) is 1. The summed E-state index contributed by atoms with van der Waals surface area (Å²) in [4.78, 5) is 4.14. The number of hydrogen-bond donors (Lipinski definition) is 2. The van der Waals surface area contributed by atoms with E-state index in [9.17, 15) is 0 Å². The van der Waals surface area contributed by atoms with Gasteiger partial charge in [0.1, 0.15) is 5.82 Å². The molecule has 3 nitrogen and oxygen atoms in total. The van der Waals surface area contributed by atoms with E-state index in [1.165, 1.54) is 0 Å². The fourth-order valence-electron chi connectivity index (χ4n) is 1.21. The van der Waals surface area contributed by atoms with Gasteiger partial charge < -0.3 is 11.1 Å². The standard InChI is InChI=1S/C11H9BrClN3/c12-9-3-1-7(13)5-10(9)16-11-4-2-8(14)6-15-11/h1-6H,14H2,(H,15,16). The molecule has 0 atom stereocenters. The minimum Gasteiger partial charge on any atom is -0.397 e. The number of nitrogen functional groups attached to an aromatic ring is 1. The molecule has 5 heteroatoms. The third-order valence-corrected chi connectivity index (χ3v) is 2.90. The van der Waals surface area contributed by atoms with Gasteiger partial charge >= 0.3 is 0 Å². The minimum atomic E-state index is 0.635. The molecule has 0 amide bonds. The van der Waals surface area contributed by atoms with Crippen LogP contribution in [-0.2, 0) is 0 Å². The summed E-state index contributed by atoms with van der Waals surface area (Å²) in [6, 6.07) is 9.11. The van der Waals surface area contributed by atoms with E-state index in [1.807, 2.05) is 24.3 Å². The molecule has 3 N–H and O–H groups in total. The monoisotopic (exact) mass is 297 g/mol. The molecule has 0 aliphatic rings. The zero-order valence-electron chi connectivity index (χ0n) is 8.24. The predicted octanol–water partition coefficient (Wildman–Crippen LogP) is 3.82. The van der Waals surface area contributed by atoms with Crippen LogP contribution in [0.2, 0.25) is 5.02 Å². The second-order valence-electron chi connectivity index (χ2n) is 3.23. The van der Waals surface area contributed by atoms with Gasteiger partial charge in [-0.3, -0.25) is 0 Å². The summed E-state index contributed by atoms with van der Waals surface area (Å²) in [5.41, 5.74) is 7.05. The van der Waals surface area contributed by atoms with Gasteiger partial charge in [-0.2, -0.15) is 0 Å². The molecular formula is C11H9BrClN3. The molecule has 0 bridgehead atoms. The van der Waals surface area contributed by atoms with Crippen LogP contribution < -0.4 is 11.1 Å². The van der Waals surface area contributed by atoms with Crippen LogP contribution in [0, 0.1) is 0 Å². The van der Waals surface area contributed by atoms with Crippen LogP contribution in [0.25, 0.3) is 0 Å². The molecule has 0 saturated heterocycles. The average Bonchev–Trinajstić information content (AvgIpc) is 2.27. The number of halogens is 2. The summed E-state index contributed by atoms with van der Waals surface area (Å²) < 4.78 is 0.926. The van der Waals surface area contributed by atoms with Crippen molar-refractivity contribution in [3.8, 4) is 0 Å². The molecule has 16 heavy (non-hydrogen) atoms. The van der Waals surface area contributed by atoms with Gasteiger partial charge in [-0.1, -0.05) is 11.6 Å². The van der Waals surface area contributed by atoms with E-state index in [0.717, 1.165) is 16.0 Å². The summed E-state index contributed by atoms with van der Waals surface area (Å²) >= 11 is 9.34. The first-order chi connectivity index (χ1) is 7.65. The van der Waals surface area contributed by atoms with Gasteiger partial charge in [0.05, 0.1) is 17.6 Å². The van der Waals surface area contributed by atoms with Crippen molar-refractivity contribution in [3.05, 3.63) is 46.0 Å². The summed E-state index contributed by atoms with van der Waals surface area (Å²) in [6.07, 6.45) is 1.60. The zero-order valence-corrected chi connectivity index (χ0v) is 10.6. The maximum atomic E-state index is 5.91. The van der Waals surface area contributed by atoms with Crippen molar-refractivity contribution in [2.75, 3.05) is 11.1 Å². The lowest BCUT2D eigenvalue weighted by Crippen LogP contribution is -1.95.